The number of hydrogen-bond acceptors (Lipinski definition) is 2. The van der Waals surface area contributed by atoms with Crippen LogP contribution < -0.4 is 5.73 Å². The molecule has 0 aliphatic rings. The van der Waals surface area contributed by atoms with E-state index in [1.165, 1.54) is 12.0 Å². The molecule has 0 aliphatic heterocycles. The quantitative estimate of drug-likeness (QED) is 0.792. The molecular formula is C15H26N2. The van der Waals surface area contributed by atoms with Crippen LogP contribution in [0.2, 0.25) is 0 Å². The Morgan fingerprint density at radius 1 is 1.12 bits per heavy atom. The van der Waals surface area contributed by atoms with E-state index in [2.05, 4.69) is 44.7 Å². The van der Waals surface area contributed by atoms with Crippen LogP contribution in [0.25, 0.3) is 0 Å². The maximum atomic E-state index is 5.67. The summed E-state index contributed by atoms with van der Waals surface area (Å²) in [4.78, 5) is 2.52. The van der Waals surface area contributed by atoms with E-state index in [0.29, 0.717) is 0 Å². The van der Waals surface area contributed by atoms with Crippen molar-refractivity contribution in [3.8, 4) is 0 Å². The van der Waals surface area contributed by atoms with Gasteiger partial charge in [-0.3, -0.25) is 4.90 Å². The van der Waals surface area contributed by atoms with Gasteiger partial charge < -0.3 is 5.73 Å². The number of nitrogens with zero attached hydrogens (tertiary/aromatic N) is 1. The smallest absolute Gasteiger partial charge is 0.0314 e. The number of nitrogen functional groups attached to an aromatic ring is 1. The van der Waals surface area contributed by atoms with Crippen LogP contribution in [0.3, 0.4) is 0 Å². The second kappa shape index (κ2) is 6.06. The predicted molar refractivity (Wildman–Crippen MR) is 76.2 cm³/mol. The summed E-state index contributed by atoms with van der Waals surface area (Å²) in [7, 11) is 0. The molecule has 0 saturated heterocycles. The van der Waals surface area contributed by atoms with Crippen LogP contribution >= 0.6 is 0 Å². The van der Waals surface area contributed by atoms with Crippen molar-refractivity contribution in [3.05, 3.63) is 29.8 Å². The molecular weight excluding hydrogens is 208 g/mol. The second-order valence-electron chi connectivity index (χ2n) is 5.60. The minimum Gasteiger partial charge on any atom is -0.399 e. The first-order valence-electron chi connectivity index (χ1n) is 6.53. The predicted octanol–water partition coefficient (Wildman–Crippen LogP) is 3.32. The van der Waals surface area contributed by atoms with Crippen molar-refractivity contribution < 1.29 is 0 Å². The van der Waals surface area contributed by atoms with Crippen LogP contribution in [-0.4, -0.2) is 23.5 Å². The summed E-state index contributed by atoms with van der Waals surface area (Å²) in [5, 5.41) is 0. The first-order valence-corrected chi connectivity index (χ1v) is 6.53. The third-order valence-electron chi connectivity index (χ3n) is 3.20. The number of rotatable bonds is 5. The molecule has 1 aromatic rings. The average Bonchev–Trinajstić information content (AvgIpc) is 2.25. The SMILES string of the molecule is CCN(CCCc1ccc(N)cc1)C(C)(C)C. The van der Waals surface area contributed by atoms with E-state index in [9.17, 15) is 0 Å². The molecule has 1 aromatic carbocycles. The Labute approximate surface area is 106 Å². The van der Waals surface area contributed by atoms with E-state index in [-0.39, 0.29) is 5.54 Å². The van der Waals surface area contributed by atoms with Crippen molar-refractivity contribution in [2.75, 3.05) is 18.8 Å². The maximum Gasteiger partial charge on any atom is 0.0314 e. The van der Waals surface area contributed by atoms with Gasteiger partial charge in [0, 0.05) is 11.2 Å². The molecule has 17 heavy (non-hydrogen) atoms. The average molecular weight is 234 g/mol. The maximum absolute atomic E-state index is 5.67. The lowest BCUT2D eigenvalue weighted by molar-refractivity contribution is 0.143. The number of hydrogen-bond donors (Lipinski definition) is 1. The van der Waals surface area contributed by atoms with Gasteiger partial charge in [0.1, 0.15) is 0 Å². The summed E-state index contributed by atoms with van der Waals surface area (Å²) in [5.74, 6) is 0. The molecule has 0 saturated carbocycles. The topological polar surface area (TPSA) is 29.3 Å². The van der Waals surface area contributed by atoms with Crippen molar-refractivity contribution in [1.29, 1.82) is 0 Å². The molecule has 1 rings (SSSR count). The van der Waals surface area contributed by atoms with Crippen LogP contribution in [0.5, 0.6) is 0 Å². The highest BCUT2D eigenvalue weighted by atomic mass is 15.2. The van der Waals surface area contributed by atoms with Crippen LogP contribution in [0.15, 0.2) is 24.3 Å². The standard InChI is InChI=1S/C15H26N2/c1-5-17(15(2,3)4)12-6-7-13-8-10-14(16)11-9-13/h8-11H,5-7,12,16H2,1-4H3. The minimum absolute atomic E-state index is 0.274. The van der Waals surface area contributed by atoms with Gasteiger partial charge in [-0.1, -0.05) is 19.1 Å². The first-order chi connectivity index (χ1) is 7.93. The normalized spacial score (nSPS) is 12.1. The molecule has 0 aromatic heterocycles. The Kier molecular flexibility index (Phi) is 5.01. The number of benzene rings is 1. The van der Waals surface area contributed by atoms with Crippen LogP contribution in [0.1, 0.15) is 39.7 Å². The van der Waals surface area contributed by atoms with E-state index in [0.717, 1.165) is 25.2 Å². The van der Waals surface area contributed by atoms with Crippen molar-refractivity contribution in [2.45, 2.75) is 46.1 Å². The lowest BCUT2D eigenvalue weighted by Gasteiger charge is -2.34. The fraction of sp³-hybridized carbons (Fsp3) is 0.600. The second-order valence-corrected chi connectivity index (χ2v) is 5.60. The highest BCUT2D eigenvalue weighted by Crippen LogP contribution is 2.14. The Morgan fingerprint density at radius 3 is 2.18 bits per heavy atom. The van der Waals surface area contributed by atoms with Gasteiger partial charge in [0.15, 0.2) is 0 Å². The van der Waals surface area contributed by atoms with E-state index in [4.69, 9.17) is 5.73 Å². The molecule has 0 bridgehead atoms. The van der Waals surface area contributed by atoms with Gasteiger partial charge in [0.2, 0.25) is 0 Å². The van der Waals surface area contributed by atoms with E-state index < -0.39 is 0 Å². The molecule has 2 N–H and O–H groups in total. The van der Waals surface area contributed by atoms with E-state index in [1.54, 1.807) is 0 Å². The van der Waals surface area contributed by atoms with Gasteiger partial charge in [-0.05, 0) is 64.4 Å². The molecule has 2 nitrogen and oxygen atoms in total. The largest absolute Gasteiger partial charge is 0.399 e. The fourth-order valence-corrected chi connectivity index (χ4v) is 2.13. The van der Waals surface area contributed by atoms with Gasteiger partial charge in [0.25, 0.3) is 0 Å². The van der Waals surface area contributed by atoms with E-state index in [1.807, 2.05) is 12.1 Å². The molecule has 2 heteroatoms. The van der Waals surface area contributed by atoms with Crippen molar-refractivity contribution >= 4 is 5.69 Å². The van der Waals surface area contributed by atoms with Gasteiger partial charge in [-0.15, -0.1) is 0 Å². The van der Waals surface area contributed by atoms with Crippen molar-refractivity contribution in [2.24, 2.45) is 0 Å². The monoisotopic (exact) mass is 234 g/mol. The molecule has 0 aliphatic carbocycles. The molecule has 0 radical (unpaired) electrons. The Morgan fingerprint density at radius 2 is 1.71 bits per heavy atom. The molecule has 0 fully saturated rings. The fourth-order valence-electron chi connectivity index (χ4n) is 2.13. The zero-order valence-corrected chi connectivity index (χ0v) is 11.7. The van der Waals surface area contributed by atoms with Gasteiger partial charge in [-0.25, -0.2) is 0 Å². The molecule has 96 valence electrons. The molecule has 0 unspecified atom stereocenters. The number of nitrogens with two attached hydrogens (primary N) is 1. The molecule has 0 amide bonds. The Hall–Kier alpha value is -1.02. The van der Waals surface area contributed by atoms with Crippen molar-refractivity contribution in [1.82, 2.24) is 4.90 Å². The minimum atomic E-state index is 0.274. The third-order valence-corrected chi connectivity index (χ3v) is 3.20. The van der Waals surface area contributed by atoms with Crippen LogP contribution in [-0.2, 0) is 6.42 Å². The summed E-state index contributed by atoms with van der Waals surface area (Å²) in [6.07, 6.45) is 2.34. The Balaban J connectivity index is 2.39. The van der Waals surface area contributed by atoms with Gasteiger partial charge >= 0.3 is 0 Å². The zero-order chi connectivity index (χ0) is 12.9. The van der Waals surface area contributed by atoms with Gasteiger partial charge in [0.05, 0.1) is 0 Å². The summed E-state index contributed by atoms with van der Waals surface area (Å²) < 4.78 is 0. The number of aryl methyl sites for hydroxylation is 1. The summed E-state index contributed by atoms with van der Waals surface area (Å²) in [6, 6.07) is 8.22. The Bertz CT molecular complexity index is 322. The summed E-state index contributed by atoms with van der Waals surface area (Å²) in [5.41, 5.74) is 8.17. The number of anilines is 1. The molecule has 0 heterocycles. The molecule has 0 atom stereocenters. The van der Waals surface area contributed by atoms with Gasteiger partial charge in [-0.2, -0.15) is 0 Å². The highest BCUT2D eigenvalue weighted by Gasteiger charge is 2.18. The van der Waals surface area contributed by atoms with Crippen LogP contribution in [0.4, 0.5) is 5.69 Å². The summed E-state index contributed by atoms with van der Waals surface area (Å²) >= 11 is 0. The third kappa shape index (κ3) is 4.78. The summed E-state index contributed by atoms with van der Waals surface area (Å²) in [6.45, 7) is 11.3. The van der Waals surface area contributed by atoms with E-state index >= 15 is 0 Å². The lowest BCUT2D eigenvalue weighted by Crippen LogP contribution is -2.41. The molecule has 0 spiro atoms. The highest BCUT2D eigenvalue weighted by molar-refractivity contribution is 5.39. The zero-order valence-electron chi connectivity index (χ0n) is 11.7. The lowest BCUT2D eigenvalue weighted by atomic mass is 10.0. The van der Waals surface area contributed by atoms with Crippen LogP contribution in [0, 0.1) is 0 Å². The van der Waals surface area contributed by atoms with Crippen molar-refractivity contribution in [3.63, 3.8) is 0 Å². The first kappa shape index (κ1) is 14.0.